The third kappa shape index (κ3) is 2.19. The number of H-pyrrole nitrogens is 2. The van der Waals surface area contributed by atoms with Gasteiger partial charge in [-0.25, -0.2) is 0 Å². The van der Waals surface area contributed by atoms with Gasteiger partial charge in [-0.15, -0.1) is 0 Å². The van der Waals surface area contributed by atoms with Crippen molar-refractivity contribution in [2.45, 2.75) is 25.3 Å². The van der Waals surface area contributed by atoms with E-state index in [1.807, 2.05) is 41.3 Å². The van der Waals surface area contributed by atoms with E-state index >= 15 is 0 Å². The van der Waals surface area contributed by atoms with E-state index in [0.717, 1.165) is 42.4 Å². The van der Waals surface area contributed by atoms with Crippen LogP contribution in [0.25, 0.3) is 10.9 Å². The number of fused-ring (bicyclic) bond motifs is 1. The molecule has 3 heterocycles. The number of amides is 1. The molecule has 3 aromatic rings. The molecule has 5 nitrogen and oxygen atoms in total. The summed E-state index contributed by atoms with van der Waals surface area (Å²) in [6, 6.07) is 12.0. The van der Waals surface area contributed by atoms with Crippen molar-refractivity contribution in [1.82, 2.24) is 20.1 Å². The largest absolute Gasteiger partial charge is 0.351 e. The average Bonchev–Trinajstić information content (AvgIpc) is 3.23. The molecule has 5 heteroatoms. The van der Waals surface area contributed by atoms with Crippen LogP contribution >= 0.6 is 0 Å². The summed E-state index contributed by atoms with van der Waals surface area (Å²) in [5.41, 5.74) is 2.68. The lowest BCUT2D eigenvalue weighted by Crippen LogP contribution is -2.38. The van der Waals surface area contributed by atoms with Gasteiger partial charge in [0.2, 0.25) is 0 Å². The van der Waals surface area contributed by atoms with Gasteiger partial charge < -0.3 is 9.88 Å². The van der Waals surface area contributed by atoms with Gasteiger partial charge in [0.15, 0.2) is 0 Å². The number of para-hydroxylation sites is 1. The van der Waals surface area contributed by atoms with E-state index in [4.69, 9.17) is 0 Å². The highest BCUT2D eigenvalue weighted by atomic mass is 16.2. The fourth-order valence-electron chi connectivity index (χ4n) is 3.29. The zero-order valence-electron chi connectivity index (χ0n) is 12.2. The molecule has 22 heavy (non-hydrogen) atoms. The summed E-state index contributed by atoms with van der Waals surface area (Å²) in [6.07, 6.45) is 4.92. The minimum Gasteiger partial charge on any atom is -0.351 e. The van der Waals surface area contributed by atoms with Gasteiger partial charge in [0.1, 0.15) is 5.69 Å². The highest BCUT2D eigenvalue weighted by molar-refractivity contribution is 5.98. The Balaban J connectivity index is 1.67. The predicted molar refractivity (Wildman–Crippen MR) is 84.5 cm³/mol. The SMILES string of the molecule is O=C(c1cc2ccccc2[nH]1)N1CCCC[C@H]1c1ccn[nH]1. The Morgan fingerprint density at radius 1 is 1.23 bits per heavy atom. The van der Waals surface area contributed by atoms with Gasteiger partial charge in [-0.05, 0) is 37.5 Å². The van der Waals surface area contributed by atoms with Crippen LogP contribution in [0.1, 0.15) is 41.5 Å². The van der Waals surface area contributed by atoms with Gasteiger partial charge in [0.05, 0.1) is 11.7 Å². The molecular weight excluding hydrogens is 276 g/mol. The lowest BCUT2D eigenvalue weighted by molar-refractivity contribution is 0.0601. The van der Waals surface area contributed by atoms with Crippen LogP contribution < -0.4 is 0 Å². The van der Waals surface area contributed by atoms with E-state index in [1.54, 1.807) is 6.20 Å². The molecule has 0 radical (unpaired) electrons. The smallest absolute Gasteiger partial charge is 0.270 e. The Kier molecular flexibility index (Phi) is 3.18. The van der Waals surface area contributed by atoms with Crippen molar-refractivity contribution in [3.05, 3.63) is 54.0 Å². The van der Waals surface area contributed by atoms with E-state index in [9.17, 15) is 4.79 Å². The highest BCUT2D eigenvalue weighted by Crippen LogP contribution is 2.31. The van der Waals surface area contributed by atoms with Crippen LogP contribution in [0.3, 0.4) is 0 Å². The molecule has 1 aliphatic heterocycles. The topological polar surface area (TPSA) is 64.8 Å². The van der Waals surface area contributed by atoms with Crippen LogP contribution in [0.2, 0.25) is 0 Å². The first-order valence-electron chi connectivity index (χ1n) is 7.71. The van der Waals surface area contributed by atoms with Crippen LogP contribution in [-0.2, 0) is 0 Å². The van der Waals surface area contributed by atoms with Crippen LogP contribution in [-0.4, -0.2) is 32.5 Å². The van der Waals surface area contributed by atoms with Gasteiger partial charge in [-0.3, -0.25) is 9.89 Å². The fourth-order valence-corrected chi connectivity index (χ4v) is 3.29. The van der Waals surface area contributed by atoms with E-state index in [-0.39, 0.29) is 11.9 Å². The Bertz CT molecular complexity index is 757. The van der Waals surface area contributed by atoms with Crippen LogP contribution in [0.15, 0.2) is 42.6 Å². The van der Waals surface area contributed by atoms with Gasteiger partial charge >= 0.3 is 0 Å². The summed E-state index contributed by atoms with van der Waals surface area (Å²) in [6.45, 7) is 0.790. The summed E-state index contributed by atoms with van der Waals surface area (Å²) in [7, 11) is 0. The van der Waals surface area contributed by atoms with E-state index < -0.39 is 0 Å². The van der Waals surface area contributed by atoms with Crippen molar-refractivity contribution >= 4 is 16.8 Å². The number of aromatic nitrogens is 3. The maximum absolute atomic E-state index is 12.9. The lowest BCUT2D eigenvalue weighted by Gasteiger charge is -2.34. The molecule has 112 valence electrons. The number of likely N-dealkylation sites (tertiary alicyclic amines) is 1. The number of hydrogen-bond acceptors (Lipinski definition) is 2. The Morgan fingerprint density at radius 3 is 2.95 bits per heavy atom. The molecule has 0 saturated carbocycles. The van der Waals surface area contributed by atoms with E-state index in [0.29, 0.717) is 5.69 Å². The van der Waals surface area contributed by atoms with Gasteiger partial charge in [-0.2, -0.15) is 5.10 Å². The van der Waals surface area contributed by atoms with Crippen LogP contribution in [0, 0.1) is 0 Å². The zero-order chi connectivity index (χ0) is 14.9. The van der Waals surface area contributed by atoms with E-state index in [2.05, 4.69) is 15.2 Å². The maximum Gasteiger partial charge on any atom is 0.270 e. The minimum absolute atomic E-state index is 0.0653. The Morgan fingerprint density at radius 2 is 2.14 bits per heavy atom. The number of carbonyl (C=O) groups excluding carboxylic acids is 1. The fraction of sp³-hybridized carbons (Fsp3) is 0.294. The van der Waals surface area contributed by atoms with Crippen molar-refractivity contribution in [3.8, 4) is 0 Å². The number of piperidine rings is 1. The molecule has 1 atom stereocenters. The van der Waals surface area contributed by atoms with Crippen LogP contribution in [0.4, 0.5) is 0 Å². The molecule has 1 fully saturated rings. The van der Waals surface area contributed by atoms with Crippen molar-refractivity contribution in [2.24, 2.45) is 0 Å². The number of nitrogens with zero attached hydrogens (tertiary/aromatic N) is 2. The van der Waals surface area contributed by atoms with Gasteiger partial charge in [0.25, 0.3) is 5.91 Å². The minimum atomic E-state index is 0.0653. The first-order chi connectivity index (χ1) is 10.8. The molecule has 2 N–H and O–H groups in total. The molecule has 1 aliphatic rings. The molecule has 1 saturated heterocycles. The average molecular weight is 294 g/mol. The number of benzene rings is 1. The summed E-state index contributed by atoms with van der Waals surface area (Å²) in [5.74, 6) is 0.0653. The van der Waals surface area contributed by atoms with Gasteiger partial charge in [0, 0.05) is 23.6 Å². The lowest BCUT2D eigenvalue weighted by atomic mass is 9.99. The third-order valence-electron chi connectivity index (χ3n) is 4.41. The zero-order valence-corrected chi connectivity index (χ0v) is 12.2. The first kappa shape index (κ1) is 13.1. The number of hydrogen-bond donors (Lipinski definition) is 2. The monoisotopic (exact) mass is 294 g/mol. The molecule has 0 aliphatic carbocycles. The molecule has 1 aromatic carbocycles. The number of rotatable bonds is 2. The molecule has 0 bridgehead atoms. The maximum atomic E-state index is 12.9. The van der Waals surface area contributed by atoms with Crippen molar-refractivity contribution in [3.63, 3.8) is 0 Å². The van der Waals surface area contributed by atoms with E-state index in [1.165, 1.54) is 0 Å². The normalized spacial score (nSPS) is 18.7. The second-order valence-corrected chi connectivity index (χ2v) is 5.79. The quantitative estimate of drug-likeness (QED) is 0.762. The molecular formula is C17H18N4O. The Labute approximate surface area is 128 Å². The molecule has 1 amide bonds. The molecule has 4 rings (SSSR count). The summed E-state index contributed by atoms with van der Waals surface area (Å²) in [5, 5.41) is 8.11. The third-order valence-corrected chi connectivity index (χ3v) is 4.41. The van der Waals surface area contributed by atoms with Crippen molar-refractivity contribution < 1.29 is 4.79 Å². The highest BCUT2D eigenvalue weighted by Gasteiger charge is 2.30. The predicted octanol–water partition coefficient (Wildman–Crippen LogP) is 3.26. The second kappa shape index (κ2) is 5.33. The van der Waals surface area contributed by atoms with Crippen molar-refractivity contribution in [1.29, 1.82) is 0 Å². The first-order valence-corrected chi connectivity index (χ1v) is 7.71. The molecule has 0 spiro atoms. The Hall–Kier alpha value is -2.56. The molecule has 0 unspecified atom stereocenters. The summed E-state index contributed by atoms with van der Waals surface area (Å²) in [4.78, 5) is 18.1. The summed E-state index contributed by atoms with van der Waals surface area (Å²) >= 11 is 0. The summed E-state index contributed by atoms with van der Waals surface area (Å²) < 4.78 is 0. The number of nitrogens with one attached hydrogen (secondary N) is 2. The number of aromatic amines is 2. The standard InChI is InChI=1S/C17H18N4O/c22-17(15-11-12-5-1-2-6-13(12)19-15)21-10-4-3-7-16(21)14-8-9-18-20-14/h1-2,5-6,8-9,11,16,19H,3-4,7,10H2,(H,18,20)/t16-/m0/s1. The second-order valence-electron chi connectivity index (χ2n) is 5.79. The van der Waals surface area contributed by atoms with Crippen molar-refractivity contribution in [2.75, 3.05) is 6.54 Å². The van der Waals surface area contributed by atoms with Crippen LogP contribution in [0.5, 0.6) is 0 Å². The number of carbonyl (C=O) groups is 1. The molecule has 2 aromatic heterocycles. The van der Waals surface area contributed by atoms with Gasteiger partial charge in [-0.1, -0.05) is 18.2 Å².